The van der Waals surface area contributed by atoms with Crippen molar-refractivity contribution in [2.75, 3.05) is 13.1 Å². The molecular formula is C15H23BrN2O. The summed E-state index contributed by atoms with van der Waals surface area (Å²) in [5.74, 6) is 0.673. The number of rotatable bonds is 7. The molecule has 0 aliphatic heterocycles. The van der Waals surface area contributed by atoms with Crippen LogP contribution in [0.3, 0.4) is 0 Å². The molecule has 0 heterocycles. The van der Waals surface area contributed by atoms with Gasteiger partial charge in [0.25, 0.3) is 0 Å². The van der Waals surface area contributed by atoms with Crippen LogP contribution in [0.1, 0.15) is 38.8 Å². The molecule has 0 unspecified atom stereocenters. The van der Waals surface area contributed by atoms with E-state index in [1.165, 1.54) is 0 Å². The van der Waals surface area contributed by atoms with Crippen molar-refractivity contribution in [3.63, 3.8) is 0 Å². The van der Waals surface area contributed by atoms with Gasteiger partial charge in [-0.1, -0.05) is 48.0 Å². The highest BCUT2D eigenvalue weighted by atomic mass is 79.9. The Morgan fingerprint density at radius 2 is 1.95 bits per heavy atom. The largest absolute Gasteiger partial charge is 0.355 e. The van der Waals surface area contributed by atoms with Gasteiger partial charge in [-0.15, -0.1) is 0 Å². The van der Waals surface area contributed by atoms with Crippen LogP contribution in [-0.4, -0.2) is 19.0 Å². The predicted molar refractivity (Wildman–Crippen MR) is 83.0 cm³/mol. The van der Waals surface area contributed by atoms with E-state index in [9.17, 15) is 4.79 Å². The SMILES string of the molecule is CC(C)CCNC(=O)CN[C@@H](C)c1ccccc1Br. The van der Waals surface area contributed by atoms with Gasteiger partial charge in [0, 0.05) is 17.1 Å². The summed E-state index contributed by atoms with van der Waals surface area (Å²) < 4.78 is 1.07. The van der Waals surface area contributed by atoms with Gasteiger partial charge >= 0.3 is 0 Å². The van der Waals surface area contributed by atoms with Crippen molar-refractivity contribution in [1.29, 1.82) is 0 Å². The zero-order valence-electron chi connectivity index (χ0n) is 11.9. The molecule has 0 spiro atoms. The van der Waals surface area contributed by atoms with Crippen molar-refractivity contribution in [3.05, 3.63) is 34.3 Å². The third-order valence-electron chi connectivity index (χ3n) is 2.98. The Kier molecular flexibility index (Phi) is 7.10. The fourth-order valence-corrected chi connectivity index (χ4v) is 2.37. The second-order valence-corrected chi connectivity index (χ2v) is 6.01. The lowest BCUT2D eigenvalue weighted by Gasteiger charge is -2.15. The lowest BCUT2D eigenvalue weighted by Crippen LogP contribution is -2.35. The second-order valence-electron chi connectivity index (χ2n) is 5.16. The number of hydrogen-bond acceptors (Lipinski definition) is 2. The third-order valence-corrected chi connectivity index (χ3v) is 3.71. The minimum Gasteiger partial charge on any atom is -0.355 e. The Hall–Kier alpha value is -0.870. The molecule has 0 saturated carbocycles. The van der Waals surface area contributed by atoms with Crippen LogP contribution < -0.4 is 10.6 Å². The topological polar surface area (TPSA) is 41.1 Å². The predicted octanol–water partition coefficient (Wildman–Crippen LogP) is 3.26. The van der Waals surface area contributed by atoms with Gasteiger partial charge in [-0.25, -0.2) is 0 Å². The van der Waals surface area contributed by atoms with Crippen molar-refractivity contribution >= 4 is 21.8 Å². The Morgan fingerprint density at radius 1 is 1.26 bits per heavy atom. The monoisotopic (exact) mass is 326 g/mol. The molecule has 1 amide bonds. The van der Waals surface area contributed by atoms with Crippen LogP contribution in [0.15, 0.2) is 28.7 Å². The first-order chi connectivity index (χ1) is 9.00. The molecule has 1 aromatic rings. The van der Waals surface area contributed by atoms with Gasteiger partial charge in [-0.3, -0.25) is 4.79 Å². The summed E-state index contributed by atoms with van der Waals surface area (Å²) in [4.78, 5) is 11.7. The minimum absolute atomic E-state index is 0.0551. The molecule has 0 fully saturated rings. The summed E-state index contributed by atoms with van der Waals surface area (Å²) in [6.07, 6.45) is 1.02. The van der Waals surface area contributed by atoms with Gasteiger partial charge in [0.15, 0.2) is 0 Å². The van der Waals surface area contributed by atoms with Crippen LogP contribution >= 0.6 is 15.9 Å². The van der Waals surface area contributed by atoms with E-state index in [0.717, 1.165) is 23.0 Å². The van der Waals surface area contributed by atoms with Gasteiger partial charge in [-0.2, -0.15) is 0 Å². The maximum Gasteiger partial charge on any atom is 0.233 e. The summed E-state index contributed by atoms with van der Waals surface area (Å²) in [5.41, 5.74) is 1.16. The number of carbonyl (C=O) groups excluding carboxylic acids is 1. The van der Waals surface area contributed by atoms with Crippen molar-refractivity contribution in [2.45, 2.75) is 33.2 Å². The van der Waals surface area contributed by atoms with E-state index in [1.807, 2.05) is 18.2 Å². The summed E-state index contributed by atoms with van der Waals surface area (Å²) in [6, 6.07) is 8.19. The summed E-state index contributed by atoms with van der Waals surface area (Å²) >= 11 is 3.52. The smallest absolute Gasteiger partial charge is 0.233 e. The highest BCUT2D eigenvalue weighted by Crippen LogP contribution is 2.22. The van der Waals surface area contributed by atoms with Gasteiger partial charge in [-0.05, 0) is 30.9 Å². The summed E-state index contributed by atoms with van der Waals surface area (Å²) in [6.45, 7) is 7.46. The molecule has 0 saturated heterocycles. The third kappa shape index (κ3) is 6.21. The van der Waals surface area contributed by atoms with Gasteiger partial charge in [0.05, 0.1) is 6.54 Å². The molecule has 106 valence electrons. The molecular weight excluding hydrogens is 304 g/mol. The van der Waals surface area contributed by atoms with Crippen molar-refractivity contribution in [2.24, 2.45) is 5.92 Å². The quantitative estimate of drug-likeness (QED) is 0.807. The standard InChI is InChI=1S/C15H23BrN2O/c1-11(2)8-9-17-15(19)10-18-12(3)13-6-4-5-7-14(13)16/h4-7,11-12,18H,8-10H2,1-3H3,(H,17,19)/t12-/m0/s1. The Labute approximate surface area is 124 Å². The molecule has 1 rings (SSSR count). The molecule has 19 heavy (non-hydrogen) atoms. The molecule has 1 aromatic carbocycles. The van der Waals surface area contributed by atoms with Crippen LogP contribution in [0.25, 0.3) is 0 Å². The number of benzene rings is 1. The zero-order chi connectivity index (χ0) is 14.3. The zero-order valence-corrected chi connectivity index (χ0v) is 13.5. The highest BCUT2D eigenvalue weighted by molar-refractivity contribution is 9.10. The van der Waals surface area contributed by atoms with Crippen molar-refractivity contribution in [3.8, 4) is 0 Å². The summed E-state index contributed by atoms with van der Waals surface area (Å²) in [7, 11) is 0. The Bertz CT molecular complexity index is 407. The first-order valence-corrected chi connectivity index (χ1v) is 7.54. The van der Waals surface area contributed by atoms with Gasteiger partial charge in [0.2, 0.25) is 5.91 Å². The molecule has 0 aromatic heterocycles. The first-order valence-electron chi connectivity index (χ1n) is 6.75. The van der Waals surface area contributed by atoms with Crippen LogP contribution in [-0.2, 0) is 4.79 Å². The van der Waals surface area contributed by atoms with E-state index in [-0.39, 0.29) is 11.9 Å². The van der Waals surface area contributed by atoms with E-state index >= 15 is 0 Å². The van der Waals surface area contributed by atoms with E-state index in [2.05, 4.69) is 53.4 Å². The van der Waals surface area contributed by atoms with E-state index in [1.54, 1.807) is 0 Å². The second kappa shape index (κ2) is 8.33. The molecule has 4 heteroatoms. The molecule has 1 atom stereocenters. The maximum atomic E-state index is 11.7. The Morgan fingerprint density at radius 3 is 2.58 bits per heavy atom. The Balaban J connectivity index is 2.32. The van der Waals surface area contributed by atoms with E-state index < -0.39 is 0 Å². The van der Waals surface area contributed by atoms with Crippen LogP contribution in [0.2, 0.25) is 0 Å². The maximum absolute atomic E-state index is 11.7. The molecule has 0 bridgehead atoms. The lowest BCUT2D eigenvalue weighted by molar-refractivity contribution is -0.120. The minimum atomic E-state index is 0.0551. The average Bonchev–Trinajstić information content (AvgIpc) is 2.36. The number of hydrogen-bond donors (Lipinski definition) is 2. The average molecular weight is 327 g/mol. The number of carbonyl (C=O) groups is 1. The van der Waals surface area contributed by atoms with E-state index in [4.69, 9.17) is 0 Å². The normalized spacial score (nSPS) is 12.5. The number of nitrogens with one attached hydrogen (secondary N) is 2. The van der Waals surface area contributed by atoms with Crippen LogP contribution in [0.5, 0.6) is 0 Å². The fraction of sp³-hybridized carbons (Fsp3) is 0.533. The van der Waals surface area contributed by atoms with Gasteiger partial charge in [0.1, 0.15) is 0 Å². The van der Waals surface area contributed by atoms with Crippen LogP contribution in [0.4, 0.5) is 0 Å². The van der Waals surface area contributed by atoms with Crippen LogP contribution in [0, 0.1) is 5.92 Å². The summed E-state index contributed by atoms with van der Waals surface area (Å²) in [5, 5.41) is 6.16. The molecule has 0 aliphatic carbocycles. The van der Waals surface area contributed by atoms with Gasteiger partial charge < -0.3 is 10.6 Å². The van der Waals surface area contributed by atoms with Crippen molar-refractivity contribution in [1.82, 2.24) is 10.6 Å². The lowest BCUT2D eigenvalue weighted by atomic mass is 10.1. The first kappa shape index (κ1) is 16.2. The molecule has 3 nitrogen and oxygen atoms in total. The molecule has 0 aliphatic rings. The molecule has 0 radical (unpaired) electrons. The number of amides is 1. The fourth-order valence-electron chi connectivity index (χ4n) is 1.74. The van der Waals surface area contributed by atoms with Crippen molar-refractivity contribution < 1.29 is 4.79 Å². The van der Waals surface area contributed by atoms with E-state index in [0.29, 0.717) is 12.5 Å². The number of halogens is 1. The molecule has 2 N–H and O–H groups in total. The highest BCUT2D eigenvalue weighted by Gasteiger charge is 2.09.